The van der Waals surface area contributed by atoms with E-state index in [2.05, 4.69) is 85.9 Å². The fourth-order valence-corrected chi connectivity index (χ4v) is 3.35. The van der Waals surface area contributed by atoms with Gasteiger partial charge >= 0.3 is 0 Å². The number of aryl methyl sites for hydroxylation is 2. The Morgan fingerprint density at radius 1 is 0.821 bits per heavy atom. The van der Waals surface area contributed by atoms with Gasteiger partial charge in [0.15, 0.2) is 5.82 Å². The lowest BCUT2D eigenvalue weighted by molar-refractivity contribution is 0.704. The van der Waals surface area contributed by atoms with Gasteiger partial charge in [-0.1, -0.05) is 72.3 Å². The Balaban J connectivity index is 1.60. The van der Waals surface area contributed by atoms with Crippen LogP contribution in [0.2, 0.25) is 0 Å². The summed E-state index contributed by atoms with van der Waals surface area (Å²) in [5, 5.41) is 4.69. The summed E-state index contributed by atoms with van der Waals surface area (Å²) < 4.78 is 0. The smallest absolute Gasteiger partial charge is 0.162 e. The monoisotopic (exact) mass is 367 g/mol. The predicted octanol–water partition coefficient (Wildman–Crippen LogP) is 6.04. The van der Waals surface area contributed by atoms with Crippen molar-refractivity contribution in [3.05, 3.63) is 90.0 Å². The maximum absolute atomic E-state index is 4.87. The van der Waals surface area contributed by atoms with Crippen molar-refractivity contribution in [1.29, 1.82) is 0 Å². The van der Waals surface area contributed by atoms with Crippen LogP contribution in [0.3, 0.4) is 0 Å². The highest BCUT2D eigenvalue weighted by Crippen LogP contribution is 2.26. The van der Waals surface area contributed by atoms with E-state index < -0.39 is 0 Å². The van der Waals surface area contributed by atoms with Crippen molar-refractivity contribution in [3.63, 3.8) is 0 Å². The third kappa shape index (κ3) is 4.20. The van der Waals surface area contributed by atoms with Crippen LogP contribution in [0.25, 0.3) is 22.3 Å². The Labute approximate surface area is 166 Å². The normalized spacial score (nSPS) is 12.1. The average Bonchev–Trinajstić information content (AvgIpc) is 2.73. The molecule has 3 heteroatoms. The summed E-state index contributed by atoms with van der Waals surface area (Å²) in [6.45, 7) is 4.30. The van der Waals surface area contributed by atoms with Crippen molar-refractivity contribution in [2.75, 3.05) is 5.32 Å². The van der Waals surface area contributed by atoms with Crippen LogP contribution in [0.1, 0.15) is 24.5 Å². The Morgan fingerprint density at radius 3 is 2.32 bits per heavy atom. The van der Waals surface area contributed by atoms with Gasteiger partial charge in [-0.05, 0) is 44.4 Å². The van der Waals surface area contributed by atoms with Crippen LogP contribution in [0.4, 0.5) is 5.82 Å². The van der Waals surface area contributed by atoms with E-state index >= 15 is 0 Å². The second-order valence-electron chi connectivity index (χ2n) is 7.35. The number of para-hydroxylation sites is 1. The van der Waals surface area contributed by atoms with Crippen molar-refractivity contribution in [3.8, 4) is 11.4 Å². The van der Waals surface area contributed by atoms with Crippen molar-refractivity contribution < 1.29 is 0 Å². The topological polar surface area (TPSA) is 37.8 Å². The van der Waals surface area contributed by atoms with E-state index in [0.717, 1.165) is 41.0 Å². The standard InChI is InChI=1S/C25H25N3/c1-18-12-16-21(17-13-18)24-27-23-11-7-6-10-22(23)25(28-24)26-19(2)14-15-20-8-4-3-5-9-20/h3-13,16-17,19H,14-15H2,1-2H3,(H,26,27,28)/t19-/m1/s1. The summed E-state index contributed by atoms with van der Waals surface area (Å²) in [6, 6.07) is 27.5. The highest BCUT2D eigenvalue weighted by atomic mass is 15.0. The van der Waals surface area contributed by atoms with E-state index in [1.54, 1.807) is 0 Å². The minimum Gasteiger partial charge on any atom is -0.367 e. The second-order valence-corrected chi connectivity index (χ2v) is 7.35. The van der Waals surface area contributed by atoms with Gasteiger partial charge in [-0.3, -0.25) is 0 Å². The zero-order chi connectivity index (χ0) is 19.3. The van der Waals surface area contributed by atoms with Gasteiger partial charge in [0, 0.05) is 17.0 Å². The molecule has 0 radical (unpaired) electrons. The number of hydrogen-bond donors (Lipinski definition) is 1. The van der Waals surface area contributed by atoms with E-state index in [0.29, 0.717) is 6.04 Å². The third-order valence-corrected chi connectivity index (χ3v) is 5.00. The molecule has 0 fully saturated rings. The summed E-state index contributed by atoms with van der Waals surface area (Å²) >= 11 is 0. The van der Waals surface area contributed by atoms with Crippen molar-refractivity contribution in [2.24, 2.45) is 0 Å². The van der Waals surface area contributed by atoms with Crippen LogP contribution in [0, 0.1) is 6.92 Å². The summed E-state index contributed by atoms with van der Waals surface area (Å²) in [5.41, 5.74) is 4.60. The average molecular weight is 367 g/mol. The number of rotatable bonds is 6. The van der Waals surface area contributed by atoms with Crippen LogP contribution >= 0.6 is 0 Å². The summed E-state index contributed by atoms with van der Waals surface area (Å²) in [6.07, 6.45) is 2.09. The van der Waals surface area contributed by atoms with E-state index in [4.69, 9.17) is 9.97 Å². The van der Waals surface area contributed by atoms with Crippen LogP contribution < -0.4 is 5.32 Å². The van der Waals surface area contributed by atoms with Crippen molar-refractivity contribution in [1.82, 2.24) is 9.97 Å². The molecule has 0 bridgehead atoms. The summed E-state index contributed by atoms with van der Waals surface area (Å²) in [7, 11) is 0. The lowest BCUT2D eigenvalue weighted by atomic mass is 10.1. The molecule has 0 saturated carbocycles. The first-order chi connectivity index (χ1) is 13.7. The molecule has 1 aromatic heterocycles. The quantitative estimate of drug-likeness (QED) is 0.451. The number of benzene rings is 3. The van der Waals surface area contributed by atoms with E-state index in [1.165, 1.54) is 11.1 Å². The fourth-order valence-electron chi connectivity index (χ4n) is 3.35. The molecule has 4 rings (SSSR count). The predicted molar refractivity (Wildman–Crippen MR) is 118 cm³/mol. The third-order valence-electron chi connectivity index (χ3n) is 5.00. The molecule has 1 atom stereocenters. The first kappa shape index (κ1) is 18.2. The Bertz CT molecular complexity index is 1060. The molecule has 0 aliphatic carbocycles. The zero-order valence-corrected chi connectivity index (χ0v) is 16.4. The fraction of sp³-hybridized carbons (Fsp3) is 0.200. The van der Waals surface area contributed by atoms with Gasteiger partial charge in [-0.15, -0.1) is 0 Å². The Kier molecular flexibility index (Phi) is 5.34. The maximum atomic E-state index is 4.87. The molecular weight excluding hydrogens is 342 g/mol. The van der Waals surface area contributed by atoms with E-state index in [-0.39, 0.29) is 0 Å². The maximum Gasteiger partial charge on any atom is 0.162 e. The van der Waals surface area contributed by atoms with Gasteiger partial charge in [-0.25, -0.2) is 9.97 Å². The molecule has 0 aliphatic rings. The van der Waals surface area contributed by atoms with Crippen LogP contribution in [0.5, 0.6) is 0 Å². The van der Waals surface area contributed by atoms with Crippen molar-refractivity contribution in [2.45, 2.75) is 32.7 Å². The minimum atomic E-state index is 0.310. The first-order valence-corrected chi connectivity index (χ1v) is 9.83. The molecule has 0 spiro atoms. The summed E-state index contributed by atoms with van der Waals surface area (Å²) in [4.78, 5) is 9.66. The number of hydrogen-bond acceptors (Lipinski definition) is 3. The van der Waals surface area contributed by atoms with Gasteiger partial charge in [-0.2, -0.15) is 0 Å². The second kappa shape index (κ2) is 8.22. The highest BCUT2D eigenvalue weighted by molar-refractivity contribution is 5.90. The van der Waals surface area contributed by atoms with Gasteiger partial charge in [0.1, 0.15) is 5.82 Å². The first-order valence-electron chi connectivity index (χ1n) is 9.83. The molecular formula is C25H25N3. The van der Waals surface area contributed by atoms with Crippen LogP contribution in [-0.4, -0.2) is 16.0 Å². The lowest BCUT2D eigenvalue weighted by Crippen LogP contribution is -2.17. The number of anilines is 1. The number of nitrogens with one attached hydrogen (secondary N) is 1. The number of nitrogens with zero attached hydrogens (tertiary/aromatic N) is 2. The number of aromatic nitrogens is 2. The molecule has 3 aromatic carbocycles. The minimum absolute atomic E-state index is 0.310. The van der Waals surface area contributed by atoms with Crippen LogP contribution in [0.15, 0.2) is 78.9 Å². The largest absolute Gasteiger partial charge is 0.367 e. The molecule has 0 saturated heterocycles. The highest BCUT2D eigenvalue weighted by Gasteiger charge is 2.11. The van der Waals surface area contributed by atoms with Gasteiger partial charge in [0.25, 0.3) is 0 Å². The molecule has 140 valence electrons. The van der Waals surface area contributed by atoms with E-state index in [1.807, 2.05) is 12.1 Å². The molecule has 1 N–H and O–H groups in total. The zero-order valence-electron chi connectivity index (χ0n) is 16.4. The van der Waals surface area contributed by atoms with Crippen LogP contribution in [-0.2, 0) is 6.42 Å². The summed E-state index contributed by atoms with van der Waals surface area (Å²) in [5.74, 6) is 1.66. The Hall–Kier alpha value is -3.20. The molecule has 4 aromatic rings. The van der Waals surface area contributed by atoms with E-state index in [9.17, 15) is 0 Å². The van der Waals surface area contributed by atoms with Gasteiger partial charge < -0.3 is 5.32 Å². The molecule has 0 aliphatic heterocycles. The molecule has 28 heavy (non-hydrogen) atoms. The molecule has 0 unspecified atom stereocenters. The SMILES string of the molecule is Cc1ccc(-c2nc(N[C@H](C)CCc3ccccc3)c3ccccc3n2)cc1. The molecule has 3 nitrogen and oxygen atoms in total. The number of fused-ring (bicyclic) bond motifs is 1. The van der Waals surface area contributed by atoms with Crippen molar-refractivity contribution >= 4 is 16.7 Å². The molecule has 0 amide bonds. The molecule has 1 heterocycles. The van der Waals surface area contributed by atoms with Gasteiger partial charge in [0.2, 0.25) is 0 Å². The van der Waals surface area contributed by atoms with Gasteiger partial charge in [0.05, 0.1) is 5.52 Å². The lowest BCUT2D eigenvalue weighted by Gasteiger charge is -2.17. The Morgan fingerprint density at radius 2 is 1.54 bits per heavy atom.